The summed E-state index contributed by atoms with van der Waals surface area (Å²) in [5, 5.41) is 3.32. The van der Waals surface area contributed by atoms with Crippen LogP contribution in [0, 0.1) is 0 Å². The van der Waals surface area contributed by atoms with Crippen molar-refractivity contribution >= 4 is 11.3 Å². The molecular formula is C10H7F3N2O3S. The van der Waals surface area contributed by atoms with Crippen LogP contribution in [-0.2, 0) is 15.7 Å². The molecule has 0 radical (unpaired) electrons. The summed E-state index contributed by atoms with van der Waals surface area (Å²) in [6, 6.07) is 3.32. The second-order valence-corrected chi connectivity index (χ2v) is 4.81. The Kier molecular flexibility index (Phi) is 3.03. The maximum atomic E-state index is 12.3. The highest BCUT2D eigenvalue weighted by atomic mass is 32.1. The standard InChI is InChI=1S/C10H7F3N2O3S/c11-10(12,13)9-14-7(15-18-9)5-1-2-6(19-5)8-16-3-4-17-8/h1-2,8H,3-4H2. The normalized spacial score (nSPS) is 17.2. The summed E-state index contributed by atoms with van der Waals surface area (Å²) in [6.45, 7) is 0.997. The van der Waals surface area contributed by atoms with E-state index in [0.29, 0.717) is 18.1 Å². The van der Waals surface area contributed by atoms with E-state index < -0.39 is 18.4 Å². The smallest absolute Gasteiger partial charge is 0.345 e. The van der Waals surface area contributed by atoms with Crippen LogP contribution in [0.1, 0.15) is 17.1 Å². The molecule has 0 spiro atoms. The minimum absolute atomic E-state index is 0.0958. The third kappa shape index (κ3) is 2.48. The lowest BCUT2D eigenvalue weighted by molar-refractivity contribution is -0.159. The Bertz CT molecular complexity index is 575. The summed E-state index contributed by atoms with van der Waals surface area (Å²) in [4.78, 5) is 4.54. The van der Waals surface area contributed by atoms with Gasteiger partial charge in [-0.15, -0.1) is 11.3 Å². The highest BCUT2D eigenvalue weighted by Crippen LogP contribution is 2.35. The van der Waals surface area contributed by atoms with Crippen LogP contribution in [0.25, 0.3) is 10.7 Å². The summed E-state index contributed by atoms with van der Waals surface area (Å²) in [5.41, 5.74) is 0. The van der Waals surface area contributed by atoms with Gasteiger partial charge in [-0.1, -0.05) is 5.16 Å². The van der Waals surface area contributed by atoms with E-state index in [1.807, 2.05) is 0 Å². The topological polar surface area (TPSA) is 57.4 Å². The lowest BCUT2D eigenvalue weighted by Crippen LogP contribution is -2.04. The number of ether oxygens (including phenoxy) is 2. The van der Waals surface area contributed by atoms with Gasteiger partial charge < -0.3 is 14.0 Å². The van der Waals surface area contributed by atoms with Crippen molar-refractivity contribution in [2.45, 2.75) is 12.5 Å². The molecule has 0 saturated carbocycles. The van der Waals surface area contributed by atoms with Gasteiger partial charge >= 0.3 is 12.1 Å². The molecule has 1 aliphatic heterocycles. The van der Waals surface area contributed by atoms with Crippen LogP contribution in [0.4, 0.5) is 13.2 Å². The molecule has 0 aromatic carbocycles. The van der Waals surface area contributed by atoms with Gasteiger partial charge in [-0.2, -0.15) is 18.2 Å². The third-order valence-corrected chi connectivity index (χ3v) is 3.47. The van der Waals surface area contributed by atoms with E-state index in [4.69, 9.17) is 9.47 Å². The first kappa shape index (κ1) is 12.6. The molecule has 1 saturated heterocycles. The number of thiophene rings is 1. The number of alkyl halides is 3. The van der Waals surface area contributed by atoms with Crippen LogP contribution in [0.15, 0.2) is 16.7 Å². The Balaban J connectivity index is 1.84. The predicted molar refractivity (Wildman–Crippen MR) is 57.3 cm³/mol. The number of aromatic nitrogens is 2. The Morgan fingerprint density at radius 3 is 2.58 bits per heavy atom. The number of hydrogen-bond acceptors (Lipinski definition) is 6. The van der Waals surface area contributed by atoms with Crippen molar-refractivity contribution in [3.63, 3.8) is 0 Å². The molecular weight excluding hydrogens is 285 g/mol. The second kappa shape index (κ2) is 4.58. The average molecular weight is 292 g/mol. The first-order valence-electron chi connectivity index (χ1n) is 5.28. The van der Waals surface area contributed by atoms with E-state index in [0.717, 1.165) is 4.88 Å². The molecule has 2 aromatic rings. The van der Waals surface area contributed by atoms with Gasteiger partial charge in [-0.25, -0.2) is 0 Å². The molecule has 3 heterocycles. The zero-order valence-corrected chi connectivity index (χ0v) is 10.1. The van der Waals surface area contributed by atoms with Gasteiger partial charge in [0.15, 0.2) is 6.29 Å². The minimum atomic E-state index is -4.64. The molecule has 0 bridgehead atoms. The van der Waals surface area contributed by atoms with Gasteiger partial charge in [-0.3, -0.25) is 0 Å². The molecule has 0 atom stereocenters. The predicted octanol–water partition coefficient (Wildman–Crippen LogP) is 2.86. The number of halogens is 3. The summed E-state index contributed by atoms with van der Waals surface area (Å²) in [6.07, 6.45) is -5.10. The Labute approximate surface area is 108 Å². The molecule has 0 unspecified atom stereocenters. The Hall–Kier alpha value is -1.45. The number of rotatable bonds is 2. The average Bonchev–Trinajstić information content (AvgIpc) is 3.10. The lowest BCUT2D eigenvalue weighted by atomic mass is 10.4. The maximum Gasteiger partial charge on any atom is 0.471 e. The van der Waals surface area contributed by atoms with Gasteiger partial charge in [0.2, 0.25) is 5.82 Å². The number of hydrogen-bond donors (Lipinski definition) is 0. The zero-order chi connectivity index (χ0) is 13.5. The molecule has 19 heavy (non-hydrogen) atoms. The van der Waals surface area contributed by atoms with Gasteiger partial charge in [-0.05, 0) is 12.1 Å². The van der Waals surface area contributed by atoms with Crippen molar-refractivity contribution in [2.24, 2.45) is 0 Å². The quantitative estimate of drug-likeness (QED) is 0.852. The third-order valence-electron chi connectivity index (χ3n) is 2.37. The number of nitrogens with zero attached hydrogens (tertiary/aromatic N) is 2. The van der Waals surface area contributed by atoms with Crippen molar-refractivity contribution in [2.75, 3.05) is 13.2 Å². The fourth-order valence-electron chi connectivity index (χ4n) is 1.56. The van der Waals surface area contributed by atoms with Crippen LogP contribution in [0.3, 0.4) is 0 Å². The molecule has 0 amide bonds. The SMILES string of the molecule is FC(F)(F)c1nc(-c2ccc(C3OCCO3)s2)no1. The van der Waals surface area contributed by atoms with E-state index >= 15 is 0 Å². The van der Waals surface area contributed by atoms with Crippen LogP contribution >= 0.6 is 11.3 Å². The first-order valence-corrected chi connectivity index (χ1v) is 6.10. The molecule has 9 heteroatoms. The molecule has 1 aliphatic rings. The van der Waals surface area contributed by atoms with Gasteiger partial charge in [0.05, 0.1) is 23.0 Å². The van der Waals surface area contributed by atoms with Gasteiger partial charge in [0.25, 0.3) is 0 Å². The van der Waals surface area contributed by atoms with Crippen molar-refractivity contribution in [1.82, 2.24) is 10.1 Å². The van der Waals surface area contributed by atoms with E-state index in [1.54, 1.807) is 12.1 Å². The van der Waals surface area contributed by atoms with E-state index in [9.17, 15) is 13.2 Å². The summed E-state index contributed by atoms with van der Waals surface area (Å²) in [5.74, 6) is -1.45. The van der Waals surface area contributed by atoms with E-state index in [-0.39, 0.29) is 5.82 Å². The second-order valence-electron chi connectivity index (χ2n) is 3.70. The highest BCUT2D eigenvalue weighted by Gasteiger charge is 2.38. The minimum Gasteiger partial charge on any atom is -0.345 e. The summed E-state index contributed by atoms with van der Waals surface area (Å²) >= 11 is 1.20. The monoisotopic (exact) mass is 292 g/mol. The van der Waals surface area contributed by atoms with E-state index in [1.165, 1.54) is 11.3 Å². The maximum absolute atomic E-state index is 12.3. The van der Waals surface area contributed by atoms with Crippen LogP contribution in [0.5, 0.6) is 0 Å². The van der Waals surface area contributed by atoms with Crippen LogP contribution in [0.2, 0.25) is 0 Å². The van der Waals surface area contributed by atoms with Crippen molar-refractivity contribution < 1.29 is 27.2 Å². The fourth-order valence-corrected chi connectivity index (χ4v) is 2.49. The molecule has 102 valence electrons. The summed E-state index contributed by atoms with van der Waals surface area (Å²) < 4.78 is 51.8. The molecule has 1 fully saturated rings. The Morgan fingerprint density at radius 1 is 1.21 bits per heavy atom. The van der Waals surface area contributed by atoms with Gasteiger partial charge in [0, 0.05) is 0 Å². The first-order chi connectivity index (χ1) is 9.04. The molecule has 0 aliphatic carbocycles. The largest absolute Gasteiger partial charge is 0.471 e. The Morgan fingerprint density at radius 2 is 1.95 bits per heavy atom. The lowest BCUT2D eigenvalue weighted by Gasteiger charge is -2.04. The molecule has 2 aromatic heterocycles. The van der Waals surface area contributed by atoms with Crippen LogP contribution in [-0.4, -0.2) is 23.4 Å². The molecule has 5 nitrogen and oxygen atoms in total. The fraction of sp³-hybridized carbons (Fsp3) is 0.400. The van der Waals surface area contributed by atoms with Crippen molar-refractivity contribution in [1.29, 1.82) is 0 Å². The molecule has 3 rings (SSSR count). The molecule has 0 N–H and O–H groups in total. The van der Waals surface area contributed by atoms with Crippen molar-refractivity contribution in [3.05, 3.63) is 22.9 Å². The van der Waals surface area contributed by atoms with E-state index in [2.05, 4.69) is 14.7 Å². The van der Waals surface area contributed by atoms with Gasteiger partial charge in [0.1, 0.15) is 0 Å². The van der Waals surface area contributed by atoms with Crippen LogP contribution < -0.4 is 0 Å². The van der Waals surface area contributed by atoms with Crippen molar-refractivity contribution in [3.8, 4) is 10.7 Å². The summed E-state index contributed by atoms with van der Waals surface area (Å²) in [7, 11) is 0. The highest BCUT2D eigenvalue weighted by molar-refractivity contribution is 7.15. The zero-order valence-electron chi connectivity index (χ0n) is 9.31.